The molecule has 24 heavy (non-hydrogen) atoms. The van der Waals surface area contributed by atoms with E-state index in [1.807, 2.05) is 0 Å². The summed E-state index contributed by atoms with van der Waals surface area (Å²) in [4.78, 5) is 14.8. The Kier molecular flexibility index (Phi) is 3.84. The molecule has 4 nitrogen and oxygen atoms in total. The van der Waals surface area contributed by atoms with Crippen LogP contribution in [0.25, 0.3) is 16.8 Å². The highest BCUT2D eigenvalue weighted by molar-refractivity contribution is 5.89. The van der Waals surface area contributed by atoms with E-state index in [0.717, 1.165) is 11.8 Å². The molecule has 0 radical (unpaired) electrons. The molecule has 0 spiro atoms. The van der Waals surface area contributed by atoms with Gasteiger partial charge in [0.15, 0.2) is 0 Å². The normalized spacial score (nSPS) is 11.5. The largest absolute Gasteiger partial charge is 0.478 e. The second kappa shape index (κ2) is 5.84. The predicted octanol–water partition coefficient (Wildman–Crippen LogP) is 4.26. The molecule has 3 rings (SSSR count). The molecule has 0 fully saturated rings. The van der Waals surface area contributed by atoms with Gasteiger partial charge in [-0.3, -0.25) is 0 Å². The van der Waals surface area contributed by atoms with Crippen LogP contribution in [0, 0.1) is 0 Å². The van der Waals surface area contributed by atoms with E-state index in [1.165, 1.54) is 6.07 Å². The lowest BCUT2D eigenvalue weighted by Crippen LogP contribution is -2.09. The minimum absolute atomic E-state index is 0.0651. The van der Waals surface area contributed by atoms with Gasteiger partial charge in [0.1, 0.15) is 0 Å². The van der Waals surface area contributed by atoms with E-state index in [0.29, 0.717) is 11.6 Å². The topological polar surface area (TPSA) is 55.1 Å². The van der Waals surface area contributed by atoms with Crippen molar-refractivity contribution in [3.63, 3.8) is 0 Å². The van der Waals surface area contributed by atoms with Gasteiger partial charge in [-0.2, -0.15) is 13.2 Å². The standard InChI is InChI=1S/C17H11F3N2O2/c18-17(19,20)15-9-12(16(23)24)3-6-14(15)11-1-4-13(5-2-11)22-8-7-21-10-22/h1-10H,(H,23,24). The maximum atomic E-state index is 13.3. The number of rotatable bonds is 3. The molecule has 0 unspecified atom stereocenters. The van der Waals surface area contributed by atoms with Gasteiger partial charge >= 0.3 is 12.1 Å². The van der Waals surface area contributed by atoms with E-state index in [9.17, 15) is 18.0 Å². The minimum atomic E-state index is -4.65. The Labute approximate surface area is 134 Å². The van der Waals surface area contributed by atoms with Crippen molar-refractivity contribution in [1.29, 1.82) is 0 Å². The van der Waals surface area contributed by atoms with Crippen molar-refractivity contribution in [3.05, 3.63) is 72.3 Å². The first-order valence-corrected chi connectivity index (χ1v) is 6.89. The van der Waals surface area contributed by atoms with Crippen LogP contribution >= 0.6 is 0 Å². The summed E-state index contributed by atoms with van der Waals surface area (Å²) in [5, 5.41) is 8.90. The molecular formula is C17H11F3N2O2. The molecule has 0 aliphatic rings. The first kappa shape index (κ1) is 15.8. The van der Waals surface area contributed by atoms with Gasteiger partial charge in [-0.05, 0) is 35.4 Å². The van der Waals surface area contributed by atoms with E-state index in [1.54, 1.807) is 47.6 Å². The average Bonchev–Trinajstić information content (AvgIpc) is 3.08. The van der Waals surface area contributed by atoms with Gasteiger partial charge in [0.05, 0.1) is 17.5 Å². The van der Waals surface area contributed by atoms with Crippen molar-refractivity contribution in [2.24, 2.45) is 0 Å². The zero-order valence-electron chi connectivity index (χ0n) is 12.2. The number of hydrogen-bond acceptors (Lipinski definition) is 2. The first-order chi connectivity index (χ1) is 11.4. The zero-order chi connectivity index (χ0) is 17.3. The molecule has 0 saturated heterocycles. The number of hydrogen-bond donors (Lipinski definition) is 1. The van der Waals surface area contributed by atoms with Gasteiger partial charge in [-0.1, -0.05) is 18.2 Å². The third-order valence-corrected chi connectivity index (χ3v) is 3.55. The van der Waals surface area contributed by atoms with Gasteiger partial charge in [-0.15, -0.1) is 0 Å². The number of halogens is 3. The number of aromatic carboxylic acids is 1. The number of alkyl halides is 3. The zero-order valence-corrected chi connectivity index (χ0v) is 12.2. The van der Waals surface area contributed by atoms with Gasteiger partial charge < -0.3 is 9.67 Å². The Morgan fingerprint density at radius 2 is 1.79 bits per heavy atom. The van der Waals surface area contributed by atoms with Gasteiger partial charge in [0.2, 0.25) is 0 Å². The monoisotopic (exact) mass is 332 g/mol. The summed E-state index contributed by atoms with van der Waals surface area (Å²) in [5.41, 5.74) is -0.335. The molecule has 0 atom stereocenters. The van der Waals surface area contributed by atoms with Crippen molar-refractivity contribution in [2.45, 2.75) is 6.18 Å². The van der Waals surface area contributed by atoms with Crippen LogP contribution in [0.4, 0.5) is 13.2 Å². The van der Waals surface area contributed by atoms with Crippen molar-refractivity contribution in [3.8, 4) is 16.8 Å². The summed E-state index contributed by atoms with van der Waals surface area (Å²) in [6.07, 6.45) is 0.250. The van der Waals surface area contributed by atoms with Crippen molar-refractivity contribution in [2.75, 3.05) is 0 Å². The number of aromatic nitrogens is 2. The van der Waals surface area contributed by atoms with Crippen LogP contribution < -0.4 is 0 Å². The van der Waals surface area contributed by atoms with Crippen LogP contribution in [0.15, 0.2) is 61.2 Å². The van der Waals surface area contributed by atoms with Crippen LogP contribution in [-0.4, -0.2) is 20.6 Å². The Morgan fingerprint density at radius 3 is 2.33 bits per heavy atom. The maximum absolute atomic E-state index is 13.3. The Morgan fingerprint density at radius 1 is 1.08 bits per heavy atom. The highest BCUT2D eigenvalue weighted by Gasteiger charge is 2.34. The lowest BCUT2D eigenvalue weighted by molar-refractivity contribution is -0.137. The number of nitrogens with zero attached hydrogens (tertiary/aromatic N) is 2. The molecule has 0 bridgehead atoms. The lowest BCUT2D eigenvalue weighted by Gasteiger charge is -2.14. The molecule has 2 aromatic carbocycles. The van der Waals surface area contributed by atoms with Crippen molar-refractivity contribution in [1.82, 2.24) is 9.55 Å². The Bertz CT molecular complexity index is 870. The molecule has 0 aliphatic heterocycles. The summed E-state index contributed by atoms with van der Waals surface area (Å²) in [6, 6.07) is 9.45. The molecule has 1 aromatic heterocycles. The number of carbonyl (C=O) groups is 1. The van der Waals surface area contributed by atoms with Crippen LogP contribution in [0.3, 0.4) is 0 Å². The van der Waals surface area contributed by atoms with Crippen molar-refractivity contribution < 1.29 is 23.1 Å². The molecule has 0 saturated carbocycles. The molecule has 0 aliphatic carbocycles. The fourth-order valence-electron chi connectivity index (χ4n) is 2.39. The fourth-order valence-corrected chi connectivity index (χ4v) is 2.39. The van der Waals surface area contributed by atoms with Crippen LogP contribution in [0.5, 0.6) is 0 Å². The van der Waals surface area contributed by atoms with Gasteiger partial charge in [0, 0.05) is 18.1 Å². The summed E-state index contributed by atoms with van der Waals surface area (Å²) in [5.74, 6) is -1.40. The number of benzene rings is 2. The summed E-state index contributed by atoms with van der Waals surface area (Å²) in [6.45, 7) is 0. The molecule has 122 valence electrons. The molecule has 0 amide bonds. The Hall–Kier alpha value is -3.09. The third kappa shape index (κ3) is 3.01. The molecule has 7 heteroatoms. The first-order valence-electron chi connectivity index (χ1n) is 6.89. The summed E-state index contributed by atoms with van der Waals surface area (Å²) < 4.78 is 41.5. The van der Waals surface area contributed by atoms with E-state index >= 15 is 0 Å². The lowest BCUT2D eigenvalue weighted by atomic mass is 9.97. The predicted molar refractivity (Wildman–Crippen MR) is 81.0 cm³/mol. The summed E-state index contributed by atoms with van der Waals surface area (Å²) in [7, 11) is 0. The fraction of sp³-hybridized carbons (Fsp3) is 0.0588. The van der Waals surface area contributed by atoms with Crippen LogP contribution in [-0.2, 0) is 6.18 Å². The SMILES string of the molecule is O=C(O)c1ccc(-c2ccc(-n3ccnc3)cc2)c(C(F)(F)F)c1. The summed E-state index contributed by atoms with van der Waals surface area (Å²) >= 11 is 0. The van der Waals surface area contributed by atoms with E-state index in [-0.39, 0.29) is 5.56 Å². The van der Waals surface area contributed by atoms with Crippen LogP contribution in [0.2, 0.25) is 0 Å². The highest BCUT2D eigenvalue weighted by Crippen LogP contribution is 2.37. The van der Waals surface area contributed by atoms with E-state index in [2.05, 4.69) is 4.98 Å². The van der Waals surface area contributed by atoms with Gasteiger partial charge in [-0.25, -0.2) is 9.78 Å². The highest BCUT2D eigenvalue weighted by atomic mass is 19.4. The Balaban J connectivity index is 2.07. The second-order valence-corrected chi connectivity index (χ2v) is 5.08. The smallest absolute Gasteiger partial charge is 0.417 e. The van der Waals surface area contributed by atoms with E-state index in [4.69, 9.17) is 5.11 Å². The quantitative estimate of drug-likeness (QED) is 0.780. The molecular weight excluding hydrogens is 321 g/mol. The van der Waals surface area contributed by atoms with Crippen molar-refractivity contribution >= 4 is 5.97 Å². The molecule has 1 heterocycles. The number of carboxylic acids is 1. The maximum Gasteiger partial charge on any atom is 0.417 e. The van der Waals surface area contributed by atoms with E-state index < -0.39 is 23.3 Å². The average molecular weight is 332 g/mol. The molecule has 3 aromatic rings. The van der Waals surface area contributed by atoms with Gasteiger partial charge in [0.25, 0.3) is 0 Å². The third-order valence-electron chi connectivity index (χ3n) is 3.55. The molecule has 1 N–H and O–H groups in total. The van der Waals surface area contributed by atoms with Crippen LogP contribution in [0.1, 0.15) is 15.9 Å². The number of imidazole rings is 1. The second-order valence-electron chi connectivity index (χ2n) is 5.08. The number of carboxylic acid groups (broad SMARTS) is 1. The minimum Gasteiger partial charge on any atom is -0.478 e.